The van der Waals surface area contributed by atoms with Gasteiger partial charge in [-0.1, -0.05) is 12.1 Å². The summed E-state index contributed by atoms with van der Waals surface area (Å²) in [5, 5.41) is 3.86. The summed E-state index contributed by atoms with van der Waals surface area (Å²) >= 11 is 0. The normalized spacial score (nSPS) is 10.9. The first-order valence-electron chi connectivity index (χ1n) is 5.48. The van der Waals surface area contributed by atoms with Gasteiger partial charge >= 0.3 is 0 Å². The molecule has 16 heavy (non-hydrogen) atoms. The highest BCUT2D eigenvalue weighted by Gasteiger charge is 2.06. The van der Waals surface area contributed by atoms with Crippen molar-refractivity contribution in [3.8, 4) is 0 Å². The first kappa shape index (κ1) is 10.9. The zero-order valence-corrected chi connectivity index (χ0v) is 9.39. The van der Waals surface area contributed by atoms with E-state index in [0.29, 0.717) is 13.1 Å². The molecule has 86 valence electrons. The molecule has 5 heteroatoms. The average Bonchev–Trinajstić information content (AvgIpc) is 2.90. The van der Waals surface area contributed by atoms with Crippen molar-refractivity contribution in [1.29, 1.82) is 0 Å². The molecule has 0 amide bonds. The summed E-state index contributed by atoms with van der Waals surface area (Å²) in [4.78, 5) is 4.31. The third-order valence-electron chi connectivity index (χ3n) is 2.42. The molecule has 5 nitrogen and oxygen atoms in total. The van der Waals surface area contributed by atoms with Crippen LogP contribution >= 0.6 is 0 Å². The zero-order valence-electron chi connectivity index (χ0n) is 9.39. The monoisotopic (exact) mass is 220 g/mol. The van der Waals surface area contributed by atoms with Gasteiger partial charge in [0.2, 0.25) is 0 Å². The van der Waals surface area contributed by atoms with Gasteiger partial charge in [0.15, 0.2) is 5.76 Å². The van der Waals surface area contributed by atoms with Gasteiger partial charge in [-0.2, -0.15) is 0 Å². The van der Waals surface area contributed by atoms with E-state index in [1.165, 1.54) is 0 Å². The lowest BCUT2D eigenvalue weighted by molar-refractivity contribution is 0.369. The summed E-state index contributed by atoms with van der Waals surface area (Å²) in [5.74, 6) is 1.89. The molecule has 0 aliphatic rings. The average molecular weight is 220 g/mol. The highest BCUT2D eigenvalue weighted by Crippen LogP contribution is 2.08. The quantitative estimate of drug-likeness (QED) is 0.825. The molecule has 2 heterocycles. The topological polar surface area (TPSA) is 69.9 Å². The van der Waals surface area contributed by atoms with E-state index in [9.17, 15) is 0 Å². The Balaban J connectivity index is 2.10. The summed E-state index contributed by atoms with van der Waals surface area (Å²) in [5.41, 5.74) is 6.26. The lowest BCUT2D eigenvalue weighted by atomic mass is 10.3. The Hall–Kier alpha value is -1.62. The Bertz CT molecular complexity index is 446. The highest BCUT2D eigenvalue weighted by molar-refractivity contribution is 5.07. The second-order valence-corrected chi connectivity index (χ2v) is 3.71. The van der Waals surface area contributed by atoms with E-state index in [1.807, 2.05) is 18.5 Å². The maximum absolute atomic E-state index is 5.47. The van der Waals surface area contributed by atoms with Crippen molar-refractivity contribution < 1.29 is 4.52 Å². The highest BCUT2D eigenvalue weighted by atomic mass is 16.5. The zero-order chi connectivity index (χ0) is 11.4. The summed E-state index contributed by atoms with van der Waals surface area (Å²) < 4.78 is 7.26. The maximum atomic E-state index is 5.47. The van der Waals surface area contributed by atoms with Crippen molar-refractivity contribution in [2.75, 3.05) is 0 Å². The van der Waals surface area contributed by atoms with Crippen LogP contribution in [-0.4, -0.2) is 14.7 Å². The van der Waals surface area contributed by atoms with Crippen LogP contribution in [0.4, 0.5) is 0 Å². The molecule has 0 bridgehead atoms. The third-order valence-corrected chi connectivity index (χ3v) is 2.42. The molecule has 0 radical (unpaired) electrons. The van der Waals surface area contributed by atoms with Crippen molar-refractivity contribution in [2.24, 2.45) is 5.73 Å². The molecule has 0 saturated carbocycles. The third kappa shape index (κ3) is 2.30. The van der Waals surface area contributed by atoms with Gasteiger partial charge in [-0.3, -0.25) is 0 Å². The summed E-state index contributed by atoms with van der Waals surface area (Å²) in [6, 6.07) is 1.88. The molecular weight excluding hydrogens is 204 g/mol. The van der Waals surface area contributed by atoms with Gasteiger partial charge in [0, 0.05) is 31.4 Å². The first-order valence-corrected chi connectivity index (χ1v) is 5.48. The number of nitrogens with zero attached hydrogens (tertiary/aromatic N) is 3. The molecule has 0 unspecified atom stereocenters. The smallest absolute Gasteiger partial charge is 0.156 e. The van der Waals surface area contributed by atoms with Crippen LogP contribution in [0.2, 0.25) is 0 Å². The van der Waals surface area contributed by atoms with Crippen LogP contribution in [0.15, 0.2) is 23.0 Å². The molecule has 0 atom stereocenters. The van der Waals surface area contributed by atoms with E-state index in [4.69, 9.17) is 10.3 Å². The molecule has 2 aromatic heterocycles. The Kier molecular flexibility index (Phi) is 3.36. The van der Waals surface area contributed by atoms with E-state index < -0.39 is 0 Å². The van der Waals surface area contributed by atoms with Crippen molar-refractivity contribution in [3.63, 3.8) is 0 Å². The van der Waals surface area contributed by atoms with E-state index in [-0.39, 0.29) is 0 Å². The van der Waals surface area contributed by atoms with Crippen molar-refractivity contribution in [3.05, 3.63) is 35.7 Å². The van der Waals surface area contributed by atoms with E-state index in [0.717, 1.165) is 30.1 Å². The Morgan fingerprint density at radius 3 is 3.06 bits per heavy atom. The number of aryl methyl sites for hydroxylation is 1. The van der Waals surface area contributed by atoms with E-state index >= 15 is 0 Å². The van der Waals surface area contributed by atoms with Crippen LogP contribution in [0.3, 0.4) is 0 Å². The lowest BCUT2D eigenvalue weighted by Gasteiger charge is -2.03. The standard InChI is InChI=1S/C11H16N4O/c1-2-3-11-13-4-5-15(11)8-10-6-9(7-12)14-16-10/h4-6H,2-3,7-8,12H2,1H3. The van der Waals surface area contributed by atoms with Gasteiger partial charge in [0.1, 0.15) is 5.82 Å². The van der Waals surface area contributed by atoms with Gasteiger partial charge in [0.05, 0.1) is 12.2 Å². The van der Waals surface area contributed by atoms with Gasteiger partial charge < -0.3 is 14.8 Å². The lowest BCUT2D eigenvalue weighted by Crippen LogP contribution is -2.03. The fraction of sp³-hybridized carbons (Fsp3) is 0.455. The summed E-state index contributed by atoms with van der Waals surface area (Å²) in [7, 11) is 0. The molecule has 0 aliphatic heterocycles. The van der Waals surface area contributed by atoms with Crippen molar-refractivity contribution in [2.45, 2.75) is 32.9 Å². The van der Waals surface area contributed by atoms with E-state index in [1.54, 1.807) is 0 Å². The number of rotatable bonds is 5. The number of aromatic nitrogens is 3. The molecule has 2 rings (SSSR count). The second-order valence-electron chi connectivity index (χ2n) is 3.71. The Labute approximate surface area is 94.3 Å². The first-order chi connectivity index (χ1) is 7.83. The summed E-state index contributed by atoms with van der Waals surface area (Å²) in [6.07, 6.45) is 5.83. The molecular formula is C11H16N4O. The number of imidazole rings is 1. The van der Waals surface area contributed by atoms with Crippen LogP contribution in [0.5, 0.6) is 0 Å². The fourth-order valence-electron chi connectivity index (χ4n) is 1.63. The number of nitrogens with two attached hydrogens (primary N) is 1. The molecule has 0 fully saturated rings. The van der Waals surface area contributed by atoms with E-state index in [2.05, 4.69) is 21.6 Å². The van der Waals surface area contributed by atoms with Crippen molar-refractivity contribution in [1.82, 2.24) is 14.7 Å². The van der Waals surface area contributed by atoms with Gasteiger partial charge in [-0.15, -0.1) is 0 Å². The predicted molar refractivity (Wildman–Crippen MR) is 59.7 cm³/mol. The molecule has 0 saturated heterocycles. The molecule has 0 spiro atoms. The van der Waals surface area contributed by atoms with Gasteiger partial charge in [-0.05, 0) is 6.42 Å². The van der Waals surface area contributed by atoms with Gasteiger partial charge in [-0.25, -0.2) is 4.98 Å². The van der Waals surface area contributed by atoms with Crippen LogP contribution in [0.25, 0.3) is 0 Å². The minimum atomic E-state index is 0.412. The van der Waals surface area contributed by atoms with Crippen molar-refractivity contribution >= 4 is 0 Å². The fourth-order valence-corrected chi connectivity index (χ4v) is 1.63. The number of hydrogen-bond acceptors (Lipinski definition) is 4. The van der Waals surface area contributed by atoms with Crippen LogP contribution in [0.1, 0.15) is 30.6 Å². The minimum absolute atomic E-state index is 0.412. The van der Waals surface area contributed by atoms with Gasteiger partial charge in [0.25, 0.3) is 0 Å². The molecule has 0 aliphatic carbocycles. The molecule has 2 N–H and O–H groups in total. The largest absolute Gasteiger partial charge is 0.359 e. The van der Waals surface area contributed by atoms with Crippen LogP contribution in [0, 0.1) is 0 Å². The molecule has 0 aromatic carbocycles. The predicted octanol–water partition coefficient (Wildman–Crippen LogP) is 1.33. The minimum Gasteiger partial charge on any atom is -0.359 e. The SMILES string of the molecule is CCCc1nccn1Cc1cc(CN)no1. The van der Waals surface area contributed by atoms with Crippen LogP contribution < -0.4 is 5.73 Å². The molecule has 2 aromatic rings. The Morgan fingerprint density at radius 1 is 1.50 bits per heavy atom. The Morgan fingerprint density at radius 2 is 2.38 bits per heavy atom. The maximum Gasteiger partial charge on any atom is 0.156 e. The summed E-state index contributed by atoms with van der Waals surface area (Å²) in [6.45, 7) is 3.22. The second kappa shape index (κ2) is 4.94. The number of hydrogen-bond donors (Lipinski definition) is 1. The van der Waals surface area contributed by atoms with Crippen LogP contribution in [-0.2, 0) is 19.5 Å².